The first-order chi connectivity index (χ1) is 7.69. The fraction of sp³-hybridized carbons (Fsp3) is 0.600. The van der Waals surface area contributed by atoms with E-state index in [9.17, 15) is 10.2 Å². The van der Waals surface area contributed by atoms with Crippen molar-refractivity contribution < 1.29 is 10.2 Å². The van der Waals surface area contributed by atoms with Crippen LogP contribution in [0.1, 0.15) is 40.5 Å². The van der Waals surface area contributed by atoms with Crippen molar-refractivity contribution in [2.75, 3.05) is 0 Å². The molecule has 0 heterocycles. The van der Waals surface area contributed by atoms with E-state index in [1.54, 1.807) is 13.0 Å². The second-order valence-electron chi connectivity index (χ2n) is 5.80. The minimum atomic E-state index is -0.994. The van der Waals surface area contributed by atoms with Crippen molar-refractivity contribution >= 4 is 0 Å². The Morgan fingerprint density at radius 2 is 2.06 bits per heavy atom. The number of hydrogen-bond acceptors (Lipinski definition) is 2. The van der Waals surface area contributed by atoms with Crippen LogP contribution in [0.5, 0.6) is 0 Å². The van der Waals surface area contributed by atoms with Gasteiger partial charge in [0, 0.05) is 0 Å². The zero-order chi connectivity index (χ0) is 13.3. The molecule has 1 aliphatic rings. The summed E-state index contributed by atoms with van der Waals surface area (Å²) in [6, 6.07) is 0. The molecule has 0 aromatic carbocycles. The predicted octanol–water partition coefficient (Wildman–Crippen LogP) is 2.98. The molecule has 0 aliphatic heterocycles. The minimum absolute atomic E-state index is 0.0526. The van der Waals surface area contributed by atoms with Crippen LogP contribution in [0.25, 0.3) is 0 Å². The lowest BCUT2D eigenvalue weighted by Gasteiger charge is -2.35. The average molecular weight is 236 g/mol. The molecule has 0 fully saturated rings. The van der Waals surface area contributed by atoms with Gasteiger partial charge in [-0.1, -0.05) is 32.6 Å². The van der Waals surface area contributed by atoms with Crippen molar-refractivity contribution in [3.05, 3.63) is 36.0 Å². The minimum Gasteiger partial charge on any atom is -0.389 e. The second-order valence-corrected chi connectivity index (χ2v) is 5.80. The van der Waals surface area contributed by atoms with E-state index in [-0.39, 0.29) is 11.5 Å². The highest BCUT2D eigenvalue weighted by Crippen LogP contribution is 2.41. The maximum Gasteiger partial charge on any atom is 0.0981 e. The lowest BCUT2D eigenvalue weighted by atomic mass is 9.71. The van der Waals surface area contributed by atoms with Crippen LogP contribution < -0.4 is 0 Å². The van der Waals surface area contributed by atoms with Crippen molar-refractivity contribution in [2.45, 2.75) is 52.2 Å². The standard InChI is InChI=1S/C15H24O2/c1-6-15(5,17)10-7-12-11(2)13(16)8-9-14(12,3)4/h6-7,10,13,16-17H,1,8-9H2,2-5H3/b10-7+. The third-order valence-electron chi connectivity index (χ3n) is 3.70. The summed E-state index contributed by atoms with van der Waals surface area (Å²) < 4.78 is 0. The van der Waals surface area contributed by atoms with E-state index in [0.29, 0.717) is 0 Å². The summed E-state index contributed by atoms with van der Waals surface area (Å²) in [5.74, 6) is 0. The van der Waals surface area contributed by atoms with Crippen LogP contribution in [-0.4, -0.2) is 21.9 Å². The largest absolute Gasteiger partial charge is 0.389 e. The average Bonchev–Trinajstić information content (AvgIpc) is 2.24. The van der Waals surface area contributed by atoms with E-state index in [1.807, 2.05) is 13.0 Å². The van der Waals surface area contributed by atoms with Crippen molar-refractivity contribution in [1.29, 1.82) is 0 Å². The predicted molar refractivity (Wildman–Crippen MR) is 71.7 cm³/mol. The van der Waals surface area contributed by atoms with Gasteiger partial charge in [-0.15, -0.1) is 0 Å². The summed E-state index contributed by atoms with van der Waals surface area (Å²) in [6.07, 6.45) is 6.59. The first-order valence-corrected chi connectivity index (χ1v) is 6.14. The molecule has 2 atom stereocenters. The molecule has 96 valence electrons. The number of rotatable bonds is 3. The summed E-state index contributed by atoms with van der Waals surface area (Å²) in [5, 5.41) is 19.8. The fourth-order valence-electron chi connectivity index (χ4n) is 2.24. The smallest absolute Gasteiger partial charge is 0.0981 e. The molecule has 2 heteroatoms. The lowest BCUT2D eigenvalue weighted by molar-refractivity contribution is 0.159. The monoisotopic (exact) mass is 236 g/mol. The third-order valence-corrected chi connectivity index (χ3v) is 3.70. The van der Waals surface area contributed by atoms with Gasteiger partial charge in [0.2, 0.25) is 0 Å². The lowest BCUT2D eigenvalue weighted by Crippen LogP contribution is -2.27. The van der Waals surface area contributed by atoms with Gasteiger partial charge in [0.05, 0.1) is 11.7 Å². The van der Waals surface area contributed by atoms with Gasteiger partial charge in [-0.25, -0.2) is 0 Å². The maximum atomic E-state index is 9.89. The summed E-state index contributed by atoms with van der Waals surface area (Å²) in [5.41, 5.74) is 1.19. The molecule has 2 unspecified atom stereocenters. The van der Waals surface area contributed by atoms with Crippen LogP contribution in [0.4, 0.5) is 0 Å². The first-order valence-electron chi connectivity index (χ1n) is 6.14. The Labute approximate surface area is 104 Å². The highest BCUT2D eigenvalue weighted by molar-refractivity contribution is 5.36. The zero-order valence-electron chi connectivity index (χ0n) is 11.3. The summed E-state index contributed by atoms with van der Waals surface area (Å²) in [7, 11) is 0. The first kappa shape index (κ1) is 14.2. The SMILES string of the molecule is C=CC(C)(O)/C=C/C1=C(C)C(O)CCC1(C)C. The molecule has 0 saturated heterocycles. The molecule has 2 nitrogen and oxygen atoms in total. The number of aliphatic hydroxyl groups is 2. The van der Waals surface area contributed by atoms with Crippen molar-refractivity contribution in [2.24, 2.45) is 5.41 Å². The van der Waals surface area contributed by atoms with Crippen molar-refractivity contribution in [3.63, 3.8) is 0 Å². The van der Waals surface area contributed by atoms with Gasteiger partial charge in [-0.2, -0.15) is 0 Å². The van der Waals surface area contributed by atoms with E-state index < -0.39 is 5.60 Å². The zero-order valence-corrected chi connectivity index (χ0v) is 11.3. The van der Waals surface area contributed by atoms with E-state index >= 15 is 0 Å². The van der Waals surface area contributed by atoms with Crippen LogP contribution >= 0.6 is 0 Å². The van der Waals surface area contributed by atoms with E-state index in [2.05, 4.69) is 20.4 Å². The molecule has 0 spiro atoms. The highest BCUT2D eigenvalue weighted by atomic mass is 16.3. The molecule has 2 N–H and O–H groups in total. The number of allylic oxidation sites excluding steroid dienone is 2. The summed E-state index contributed by atoms with van der Waals surface area (Å²) >= 11 is 0. The fourth-order valence-corrected chi connectivity index (χ4v) is 2.24. The van der Waals surface area contributed by atoms with Crippen molar-refractivity contribution in [1.82, 2.24) is 0 Å². The Kier molecular flexibility index (Phi) is 4.00. The Hall–Kier alpha value is -0.860. The molecule has 0 amide bonds. The van der Waals surface area contributed by atoms with Crippen LogP contribution in [0.15, 0.2) is 36.0 Å². The molecule has 0 saturated carbocycles. The van der Waals surface area contributed by atoms with Crippen LogP contribution in [0.2, 0.25) is 0 Å². The van der Waals surface area contributed by atoms with Gasteiger partial charge in [0.25, 0.3) is 0 Å². The third kappa shape index (κ3) is 3.30. The van der Waals surface area contributed by atoms with E-state index in [0.717, 1.165) is 24.0 Å². The molecule has 0 radical (unpaired) electrons. The van der Waals surface area contributed by atoms with Crippen LogP contribution in [0, 0.1) is 5.41 Å². The van der Waals surface area contributed by atoms with Gasteiger partial charge in [0.1, 0.15) is 0 Å². The Bertz CT molecular complexity index is 359. The van der Waals surface area contributed by atoms with Gasteiger partial charge >= 0.3 is 0 Å². The molecular formula is C15H24O2. The molecular weight excluding hydrogens is 212 g/mol. The van der Waals surface area contributed by atoms with Gasteiger partial charge in [-0.05, 0) is 49.3 Å². The summed E-state index contributed by atoms with van der Waals surface area (Å²) in [6.45, 7) is 11.6. The van der Waals surface area contributed by atoms with Gasteiger partial charge in [-0.3, -0.25) is 0 Å². The molecule has 0 aromatic rings. The Morgan fingerprint density at radius 1 is 1.47 bits per heavy atom. The number of aliphatic hydroxyl groups excluding tert-OH is 1. The topological polar surface area (TPSA) is 40.5 Å². The molecule has 0 aromatic heterocycles. The van der Waals surface area contributed by atoms with Crippen LogP contribution in [0.3, 0.4) is 0 Å². The van der Waals surface area contributed by atoms with Gasteiger partial charge < -0.3 is 10.2 Å². The quantitative estimate of drug-likeness (QED) is 0.740. The Balaban J connectivity index is 3.08. The van der Waals surface area contributed by atoms with E-state index in [1.165, 1.54) is 6.08 Å². The second kappa shape index (κ2) is 4.79. The number of hydrogen-bond donors (Lipinski definition) is 2. The maximum absolute atomic E-state index is 9.89. The van der Waals surface area contributed by atoms with Gasteiger partial charge in [0.15, 0.2) is 0 Å². The van der Waals surface area contributed by atoms with E-state index in [4.69, 9.17) is 0 Å². The normalized spacial score (nSPS) is 28.2. The van der Waals surface area contributed by atoms with Crippen LogP contribution in [-0.2, 0) is 0 Å². The Morgan fingerprint density at radius 3 is 2.59 bits per heavy atom. The molecule has 17 heavy (non-hydrogen) atoms. The summed E-state index contributed by atoms with van der Waals surface area (Å²) in [4.78, 5) is 0. The molecule has 1 rings (SSSR count). The highest BCUT2D eigenvalue weighted by Gasteiger charge is 2.31. The molecule has 1 aliphatic carbocycles. The van der Waals surface area contributed by atoms with Crippen molar-refractivity contribution in [3.8, 4) is 0 Å². The molecule has 0 bridgehead atoms.